The predicted octanol–water partition coefficient (Wildman–Crippen LogP) is 2.02. The molecular formula is C9H6Cl3N5O3. The molecule has 0 amide bonds. The molecule has 0 fully saturated rings. The molecule has 0 aromatic carbocycles. The summed E-state index contributed by atoms with van der Waals surface area (Å²) in [4.78, 5) is 18.5. The first-order chi connectivity index (χ1) is 9.38. The Balaban J connectivity index is 2.78. The summed E-state index contributed by atoms with van der Waals surface area (Å²) in [6, 6.07) is 0. The van der Waals surface area contributed by atoms with Gasteiger partial charge in [-0.3, -0.25) is 4.89 Å². The van der Waals surface area contributed by atoms with Crippen LogP contribution in [0.25, 0.3) is 5.69 Å². The van der Waals surface area contributed by atoms with Gasteiger partial charge in [0.05, 0.1) is 11.9 Å². The van der Waals surface area contributed by atoms with E-state index in [1.54, 1.807) is 0 Å². The normalized spacial score (nSPS) is 10.6. The van der Waals surface area contributed by atoms with Crippen molar-refractivity contribution in [3.8, 4) is 5.69 Å². The Hall–Kier alpha value is -1.74. The molecule has 0 aliphatic heterocycles. The minimum absolute atomic E-state index is 0.0112. The van der Waals surface area contributed by atoms with Gasteiger partial charge in [0.15, 0.2) is 16.7 Å². The molecule has 0 saturated heterocycles. The van der Waals surface area contributed by atoms with E-state index in [1.807, 2.05) is 0 Å². The van der Waals surface area contributed by atoms with Crippen LogP contribution in [0.2, 0.25) is 15.2 Å². The lowest BCUT2D eigenvalue weighted by molar-refractivity contribution is -0.183. The van der Waals surface area contributed by atoms with Crippen LogP contribution in [0.4, 0.5) is 11.5 Å². The molecule has 2 rings (SSSR count). The molecule has 0 bridgehead atoms. The highest BCUT2D eigenvalue weighted by Gasteiger charge is 2.25. The number of halogens is 3. The molecule has 0 atom stereocenters. The summed E-state index contributed by atoms with van der Waals surface area (Å²) in [5.74, 6) is -1.17. The number of hydrogen-bond acceptors (Lipinski definition) is 7. The van der Waals surface area contributed by atoms with E-state index < -0.39 is 11.7 Å². The number of carbonyl (C=O) groups is 1. The number of pyridine rings is 1. The van der Waals surface area contributed by atoms with Gasteiger partial charge in [0.2, 0.25) is 0 Å². The zero-order valence-electron chi connectivity index (χ0n) is 9.47. The first-order valence-corrected chi connectivity index (χ1v) is 6.01. The van der Waals surface area contributed by atoms with Crippen LogP contribution in [-0.4, -0.2) is 26.0 Å². The molecule has 0 aliphatic rings. The summed E-state index contributed by atoms with van der Waals surface area (Å²) in [6.07, 6.45) is 1.26. The first kappa shape index (κ1) is 14.7. The number of nitrogens with two attached hydrogens (primary N) is 2. The molecule has 0 aliphatic carbocycles. The highest BCUT2D eigenvalue weighted by Crippen LogP contribution is 2.37. The van der Waals surface area contributed by atoms with Crippen LogP contribution >= 0.6 is 34.8 Å². The molecule has 0 saturated carbocycles. The molecule has 8 nitrogen and oxygen atoms in total. The topological polar surface area (TPSA) is 129 Å². The van der Waals surface area contributed by atoms with Gasteiger partial charge in [0.25, 0.3) is 0 Å². The van der Waals surface area contributed by atoms with Gasteiger partial charge >= 0.3 is 5.97 Å². The smallest absolute Gasteiger partial charge is 0.392 e. The summed E-state index contributed by atoms with van der Waals surface area (Å²) in [7, 11) is 0. The average Bonchev–Trinajstić information content (AvgIpc) is 2.74. The molecule has 2 aromatic heterocycles. The molecule has 2 heterocycles. The molecule has 11 heteroatoms. The van der Waals surface area contributed by atoms with Gasteiger partial charge in [-0.25, -0.2) is 14.5 Å². The Bertz CT molecular complexity index is 703. The molecule has 0 unspecified atom stereocenters. The number of rotatable bonds is 2. The lowest BCUT2D eigenvalue weighted by atomic mass is 10.3. The molecule has 106 valence electrons. The highest BCUT2D eigenvalue weighted by atomic mass is 35.5. The van der Waals surface area contributed by atoms with E-state index in [0.717, 1.165) is 4.68 Å². The third-order valence-corrected chi connectivity index (χ3v) is 3.43. The van der Waals surface area contributed by atoms with Gasteiger partial charge < -0.3 is 11.5 Å². The quantitative estimate of drug-likeness (QED) is 0.434. The van der Waals surface area contributed by atoms with E-state index in [9.17, 15) is 4.79 Å². The number of aromatic nitrogens is 3. The van der Waals surface area contributed by atoms with E-state index in [2.05, 4.69) is 15.0 Å². The summed E-state index contributed by atoms with van der Waals surface area (Å²) in [5, 5.41) is 11.7. The van der Waals surface area contributed by atoms with Crippen molar-refractivity contribution in [2.24, 2.45) is 0 Å². The molecule has 2 aromatic rings. The summed E-state index contributed by atoms with van der Waals surface area (Å²) in [5.41, 5.74) is 11.0. The van der Waals surface area contributed by atoms with Crippen LogP contribution in [0.5, 0.6) is 0 Å². The fourth-order valence-corrected chi connectivity index (χ4v) is 2.15. The van der Waals surface area contributed by atoms with Crippen LogP contribution in [0.3, 0.4) is 0 Å². The van der Waals surface area contributed by atoms with Gasteiger partial charge in [-0.2, -0.15) is 10.4 Å². The third kappa shape index (κ3) is 2.22. The number of nitrogen functional groups attached to an aromatic ring is 2. The molecule has 0 radical (unpaired) electrons. The minimum atomic E-state index is -1.21. The van der Waals surface area contributed by atoms with Crippen molar-refractivity contribution in [3.05, 3.63) is 27.1 Å². The number of anilines is 2. The van der Waals surface area contributed by atoms with Crippen molar-refractivity contribution < 1.29 is 14.9 Å². The monoisotopic (exact) mass is 337 g/mol. The van der Waals surface area contributed by atoms with Crippen molar-refractivity contribution >= 4 is 52.3 Å². The lowest BCUT2D eigenvalue weighted by Crippen LogP contribution is -2.11. The van der Waals surface area contributed by atoms with E-state index in [0.29, 0.717) is 0 Å². The van der Waals surface area contributed by atoms with Gasteiger partial charge in [-0.15, -0.1) is 0 Å². The van der Waals surface area contributed by atoms with Crippen LogP contribution in [0.15, 0.2) is 6.20 Å². The number of carbonyl (C=O) groups excluding carboxylic acids is 1. The SMILES string of the molecule is Nc1cnn(-c2c(Cl)c(Cl)nc(C(=O)OO)c2Cl)c1N. The summed E-state index contributed by atoms with van der Waals surface area (Å²) < 4.78 is 1.09. The van der Waals surface area contributed by atoms with Crippen molar-refractivity contribution in [1.82, 2.24) is 14.8 Å². The summed E-state index contributed by atoms with van der Waals surface area (Å²) in [6.45, 7) is 0. The second kappa shape index (κ2) is 5.33. The van der Waals surface area contributed by atoms with Gasteiger partial charge in [0.1, 0.15) is 15.7 Å². The number of hydrogen-bond donors (Lipinski definition) is 3. The third-order valence-electron chi connectivity index (χ3n) is 2.34. The molecular weight excluding hydrogens is 332 g/mol. The second-order valence-electron chi connectivity index (χ2n) is 3.50. The Morgan fingerprint density at radius 1 is 1.30 bits per heavy atom. The van der Waals surface area contributed by atoms with Gasteiger partial charge in [-0.05, 0) is 0 Å². The zero-order valence-corrected chi connectivity index (χ0v) is 11.7. The molecule has 0 spiro atoms. The standard InChI is InChI=1S/C9H6Cl3N5O3/c10-3-5(9(18)20-19)16-7(12)4(11)6(3)17-8(14)2(13)1-15-17/h1,19H,13-14H2. The Morgan fingerprint density at radius 2 is 1.95 bits per heavy atom. The van der Waals surface area contributed by atoms with Crippen LogP contribution < -0.4 is 11.5 Å². The fraction of sp³-hybridized carbons (Fsp3) is 0. The molecule has 5 N–H and O–H groups in total. The van der Waals surface area contributed by atoms with Crippen molar-refractivity contribution in [3.63, 3.8) is 0 Å². The van der Waals surface area contributed by atoms with Crippen LogP contribution in [0, 0.1) is 0 Å². The highest BCUT2D eigenvalue weighted by molar-refractivity contribution is 6.45. The van der Waals surface area contributed by atoms with Gasteiger partial charge in [0, 0.05) is 0 Å². The van der Waals surface area contributed by atoms with Crippen molar-refractivity contribution in [2.45, 2.75) is 0 Å². The number of nitrogens with zero attached hydrogens (tertiary/aromatic N) is 3. The van der Waals surface area contributed by atoms with E-state index in [-0.39, 0.29) is 32.4 Å². The first-order valence-electron chi connectivity index (χ1n) is 4.88. The van der Waals surface area contributed by atoms with E-state index in [1.165, 1.54) is 6.20 Å². The maximum atomic E-state index is 11.4. The maximum Gasteiger partial charge on any atom is 0.392 e. The van der Waals surface area contributed by atoms with Crippen molar-refractivity contribution in [1.29, 1.82) is 0 Å². The predicted molar refractivity (Wildman–Crippen MR) is 73.3 cm³/mol. The Labute approximate surface area is 126 Å². The van der Waals surface area contributed by atoms with E-state index >= 15 is 0 Å². The minimum Gasteiger partial charge on any atom is -0.394 e. The fourth-order valence-electron chi connectivity index (χ4n) is 1.42. The lowest BCUT2D eigenvalue weighted by Gasteiger charge is -2.12. The molecule has 20 heavy (non-hydrogen) atoms. The van der Waals surface area contributed by atoms with Crippen LogP contribution in [-0.2, 0) is 4.89 Å². The summed E-state index contributed by atoms with van der Waals surface area (Å²) >= 11 is 17.8. The average molecular weight is 339 g/mol. The van der Waals surface area contributed by atoms with E-state index in [4.69, 9.17) is 51.5 Å². The van der Waals surface area contributed by atoms with Crippen LogP contribution in [0.1, 0.15) is 10.5 Å². The Morgan fingerprint density at radius 3 is 2.45 bits per heavy atom. The largest absolute Gasteiger partial charge is 0.394 e. The van der Waals surface area contributed by atoms with Gasteiger partial charge in [-0.1, -0.05) is 34.8 Å². The Kier molecular flexibility index (Phi) is 3.91. The zero-order chi connectivity index (χ0) is 15.0. The maximum absolute atomic E-state index is 11.4. The van der Waals surface area contributed by atoms with Crippen molar-refractivity contribution in [2.75, 3.05) is 11.5 Å². The second-order valence-corrected chi connectivity index (χ2v) is 4.62.